The van der Waals surface area contributed by atoms with E-state index in [1.54, 1.807) is 0 Å². The lowest BCUT2D eigenvalue weighted by atomic mass is 9.98. The first-order chi connectivity index (χ1) is 21.0. The molecule has 250 valence electrons. The lowest BCUT2D eigenvalue weighted by molar-refractivity contribution is -0.140. The maximum atomic E-state index is 11.7. The van der Waals surface area contributed by atoms with E-state index in [-0.39, 0.29) is 42.6 Å². The minimum Gasteiger partial charge on any atom is -0.455 e. The summed E-state index contributed by atoms with van der Waals surface area (Å²) in [6.07, 6.45) is 26.7. The summed E-state index contributed by atoms with van der Waals surface area (Å²) in [6, 6.07) is 0. The number of carbonyl (C=O) groups excluding carboxylic acids is 1. The van der Waals surface area contributed by atoms with Gasteiger partial charge < -0.3 is 29.2 Å². The van der Waals surface area contributed by atoms with E-state index in [4.69, 9.17) is 18.9 Å². The molecule has 7 nitrogen and oxygen atoms in total. The molecule has 0 radical (unpaired) electrons. The van der Waals surface area contributed by atoms with Crippen molar-refractivity contribution in [2.75, 3.05) is 6.79 Å². The standard InChI is InChI=1S/C36H64O7/c1-3-4-5-6-7-8-9-10-11-12-13-17-20-32(38)33-23-24-35(43-33)34-22-21-31(40-27-41-34)19-16-14-15-18-30(37)26-29-25-28(2)42-36(29)39/h25,28,30-35,37-38H,3-24,26-27H2,1-2H3/t28-,30+,31+,32+,33+,34+,35+/m0/s1. The molecule has 2 N–H and O–H groups in total. The summed E-state index contributed by atoms with van der Waals surface area (Å²) in [7, 11) is 0. The predicted molar refractivity (Wildman–Crippen MR) is 171 cm³/mol. The van der Waals surface area contributed by atoms with Crippen molar-refractivity contribution in [3.05, 3.63) is 11.6 Å². The van der Waals surface area contributed by atoms with Crippen molar-refractivity contribution < 1.29 is 34.0 Å². The number of rotatable bonds is 23. The highest BCUT2D eigenvalue weighted by Gasteiger charge is 2.36. The van der Waals surface area contributed by atoms with Crippen LogP contribution in [-0.4, -0.2) is 65.7 Å². The fourth-order valence-corrected chi connectivity index (χ4v) is 6.95. The van der Waals surface area contributed by atoms with Crippen LogP contribution >= 0.6 is 0 Å². The molecule has 3 aliphatic rings. The molecule has 0 aliphatic carbocycles. The highest BCUT2D eigenvalue weighted by atomic mass is 16.7. The number of hydrogen-bond donors (Lipinski definition) is 2. The van der Waals surface area contributed by atoms with Gasteiger partial charge in [0.2, 0.25) is 0 Å². The predicted octanol–water partition coefficient (Wildman–Crippen LogP) is 8.08. The third-order valence-electron chi connectivity index (χ3n) is 9.65. The Bertz CT molecular complexity index is 771. The van der Waals surface area contributed by atoms with E-state index < -0.39 is 6.10 Å². The van der Waals surface area contributed by atoms with Gasteiger partial charge in [-0.1, -0.05) is 103 Å². The number of hydrogen-bond acceptors (Lipinski definition) is 7. The molecule has 0 spiro atoms. The van der Waals surface area contributed by atoms with Crippen molar-refractivity contribution in [2.24, 2.45) is 0 Å². The molecule has 0 aromatic rings. The van der Waals surface area contributed by atoms with Crippen molar-refractivity contribution in [3.8, 4) is 0 Å². The number of ether oxygens (including phenoxy) is 4. The second-order valence-corrected chi connectivity index (χ2v) is 13.5. The third kappa shape index (κ3) is 14.8. The van der Waals surface area contributed by atoms with E-state index in [0.717, 1.165) is 64.2 Å². The number of cyclic esters (lactones) is 1. The molecule has 0 unspecified atom stereocenters. The quantitative estimate of drug-likeness (QED) is 0.0894. The van der Waals surface area contributed by atoms with Crippen LogP contribution in [0.25, 0.3) is 0 Å². The number of aliphatic hydroxyl groups excluding tert-OH is 2. The molecule has 7 atom stereocenters. The van der Waals surface area contributed by atoms with Crippen LogP contribution in [-0.2, 0) is 23.7 Å². The van der Waals surface area contributed by atoms with Gasteiger partial charge in [0.15, 0.2) is 0 Å². The van der Waals surface area contributed by atoms with Gasteiger partial charge in [-0.05, 0) is 57.9 Å². The van der Waals surface area contributed by atoms with Gasteiger partial charge in [0.1, 0.15) is 12.9 Å². The van der Waals surface area contributed by atoms with Gasteiger partial charge in [-0.3, -0.25) is 0 Å². The first kappa shape index (κ1) is 36.5. The van der Waals surface area contributed by atoms with Crippen LogP contribution in [0.5, 0.6) is 0 Å². The Hall–Kier alpha value is -0.990. The molecule has 0 aromatic heterocycles. The molecule has 0 bridgehead atoms. The zero-order valence-electron chi connectivity index (χ0n) is 27.5. The van der Waals surface area contributed by atoms with Gasteiger partial charge in [0.05, 0.1) is 36.6 Å². The fourth-order valence-electron chi connectivity index (χ4n) is 6.95. The smallest absolute Gasteiger partial charge is 0.334 e. The van der Waals surface area contributed by atoms with Gasteiger partial charge >= 0.3 is 5.97 Å². The van der Waals surface area contributed by atoms with Gasteiger partial charge in [0.25, 0.3) is 0 Å². The average molecular weight is 609 g/mol. The monoisotopic (exact) mass is 608 g/mol. The van der Waals surface area contributed by atoms with E-state index in [9.17, 15) is 15.0 Å². The highest BCUT2D eigenvalue weighted by molar-refractivity contribution is 5.90. The minimum atomic E-state index is -0.495. The second-order valence-electron chi connectivity index (χ2n) is 13.5. The van der Waals surface area contributed by atoms with Crippen molar-refractivity contribution in [1.29, 1.82) is 0 Å². The van der Waals surface area contributed by atoms with Gasteiger partial charge in [-0.15, -0.1) is 0 Å². The van der Waals surface area contributed by atoms with Crippen LogP contribution in [0.2, 0.25) is 0 Å². The lowest BCUT2D eigenvalue weighted by Crippen LogP contribution is -2.32. The maximum Gasteiger partial charge on any atom is 0.334 e. The number of unbranched alkanes of at least 4 members (excludes halogenated alkanes) is 13. The Morgan fingerprint density at radius 3 is 2.07 bits per heavy atom. The van der Waals surface area contributed by atoms with Crippen molar-refractivity contribution in [1.82, 2.24) is 0 Å². The highest BCUT2D eigenvalue weighted by Crippen LogP contribution is 2.31. The van der Waals surface area contributed by atoms with E-state index in [1.165, 1.54) is 70.6 Å². The Kier molecular flexibility index (Phi) is 18.4. The zero-order valence-corrected chi connectivity index (χ0v) is 27.5. The first-order valence-electron chi connectivity index (χ1n) is 18.1. The van der Waals surface area contributed by atoms with Gasteiger partial charge in [0, 0.05) is 12.0 Å². The molecular weight excluding hydrogens is 544 g/mol. The summed E-state index contributed by atoms with van der Waals surface area (Å²) in [6.45, 7) is 4.42. The summed E-state index contributed by atoms with van der Waals surface area (Å²) in [5.41, 5.74) is 0.605. The van der Waals surface area contributed by atoms with Crippen LogP contribution < -0.4 is 0 Å². The van der Waals surface area contributed by atoms with Crippen LogP contribution in [0.15, 0.2) is 11.6 Å². The molecular formula is C36H64O7. The Morgan fingerprint density at radius 2 is 1.40 bits per heavy atom. The van der Waals surface area contributed by atoms with E-state index in [2.05, 4.69) is 6.92 Å². The SMILES string of the molecule is CCCCCCCCCCCCCC[C@@H](O)[C@H]1CC[C@H]([C@H]2CC[C@@H](CCCCC[C@@H](O)CC3=C[C@H](C)OC3=O)OCO2)O1. The number of carbonyl (C=O) groups is 1. The minimum absolute atomic E-state index is 0.0447. The summed E-state index contributed by atoms with van der Waals surface area (Å²) >= 11 is 0. The van der Waals surface area contributed by atoms with E-state index in [0.29, 0.717) is 25.2 Å². The fraction of sp³-hybridized carbons (Fsp3) is 0.917. The summed E-state index contributed by atoms with van der Waals surface area (Å²) in [5, 5.41) is 21.1. The molecule has 3 heterocycles. The summed E-state index contributed by atoms with van der Waals surface area (Å²) in [5.74, 6) is -0.290. The van der Waals surface area contributed by atoms with E-state index >= 15 is 0 Å². The second kappa shape index (κ2) is 21.7. The lowest BCUT2D eigenvalue weighted by Gasteiger charge is -2.24. The Balaban J connectivity index is 1.17. The Labute approximate surface area is 262 Å². The van der Waals surface area contributed by atoms with E-state index in [1.807, 2.05) is 13.0 Å². The molecule has 3 aliphatic heterocycles. The van der Waals surface area contributed by atoms with Crippen LogP contribution in [0.4, 0.5) is 0 Å². The van der Waals surface area contributed by atoms with Crippen LogP contribution in [0.1, 0.15) is 162 Å². The molecule has 2 fully saturated rings. The van der Waals surface area contributed by atoms with Crippen LogP contribution in [0.3, 0.4) is 0 Å². The van der Waals surface area contributed by atoms with Gasteiger partial charge in [-0.2, -0.15) is 0 Å². The molecule has 3 rings (SSSR count). The molecule has 0 amide bonds. The van der Waals surface area contributed by atoms with Crippen LogP contribution in [0, 0.1) is 0 Å². The number of aliphatic hydroxyl groups is 2. The Morgan fingerprint density at radius 1 is 0.767 bits per heavy atom. The number of esters is 1. The maximum absolute atomic E-state index is 11.7. The topological polar surface area (TPSA) is 94.5 Å². The van der Waals surface area contributed by atoms with Gasteiger partial charge in [-0.25, -0.2) is 4.79 Å². The molecule has 0 aromatic carbocycles. The zero-order chi connectivity index (χ0) is 30.7. The van der Waals surface area contributed by atoms with Crippen molar-refractivity contribution in [2.45, 2.75) is 204 Å². The first-order valence-corrected chi connectivity index (χ1v) is 18.1. The average Bonchev–Trinajstić information content (AvgIpc) is 3.52. The third-order valence-corrected chi connectivity index (χ3v) is 9.65. The summed E-state index contributed by atoms with van der Waals surface area (Å²) < 4.78 is 23.5. The molecule has 2 saturated heterocycles. The molecule has 0 saturated carbocycles. The van der Waals surface area contributed by atoms with Crippen molar-refractivity contribution >= 4 is 5.97 Å². The normalized spacial score (nSPS) is 27.6. The van der Waals surface area contributed by atoms with Crippen molar-refractivity contribution in [3.63, 3.8) is 0 Å². The summed E-state index contributed by atoms with van der Waals surface area (Å²) in [4.78, 5) is 11.7. The largest absolute Gasteiger partial charge is 0.455 e. The molecule has 7 heteroatoms. The molecule has 43 heavy (non-hydrogen) atoms.